The first-order valence-corrected chi connectivity index (χ1v) is 11.3. The van der Waals surface area contributed by atoms with Crippen LogP contribution < -0.4 is 10.6 Å². The molecular formula is C23H23Cl3N4O. The number of rotatable bonds is 5. The minimum atomic E-state index is -0.323. The molecule has 162 valence electrons. The predicted molar refractivity (Wildman–Crippen MR) is 126 cm³/mol. The second kappa shape index (κ2) is 9.61. The quantitative estimate of drug-likeness (QED) is 0.498. The lowest BCUT2D eigenvalue weighted by atomic mass is 9.91. The lowest BCUT2D eigenvalue weighted by Crippen LogP contribution is -2.46. The molecule has 2 N–H and O–H groups in total. The average molecular weight is 478 g/mol. The van der Waals surface area contributed by atoms with Gasteiger partial charge in [-0.15, -0.1) is 0 Å². The highest BCUT2D eigenvalue weighted by Crippen LogP contribution is 2.31. The van der Waals surface area contributed by atoms with Gasteiger partial charge in [0.15, 0.2) is 0 Å². The molecule has 0 radical (unpaired) electrons. The maximum atomic E-state index is 13.2. The summed E-state index contributed by atoms with van der Waals surface area (Å²) in [4.78, 5) is 13.2. The Bertz CT molecular complexity index is 1070. The number of hydrogen-bond acceptors (Lipinski definition) is 3. The van der Waals surface area contributed by atoms with E-state index in [1.165, 1.54) is 12.1 Å². The van der Waals surface area contributed by atoms with Gasteiger partial charge in [-0.25, -0.2) is 0 Å². The number of hydrogen-bond donors (Lipinski definition) is 2. The van der Waals surface area contributed by atoms with Gasteiger partial charge < -0.3 is 10.6 Å². The topological polar surface area (TPSA) is 59.0 Å². The summed E-state index contributed by atoms with van der Waals surface area (Å²) in [6.07, 6.45) is 7.00. The molecule has 2 heterocycles. The van der Waals surface area contributed by atoms with Crippen molar-refractivity contribution >= 4 is 40.7 Å². The highest BCUT2D eigenvalue weighted by Gasteiger charge is 2.28. The second-order valence-electron chi connectivity index (χ2n) is 7.78. The summed E-state index contributed by atoms with van der Waals surface area (Å²) in [6, 6.07) is 11.1. The van der Waals surface area contributed by atoms with E-state index in [1.54, 1.807) is 4.68 Å². The zero-order valence-electron chi connectivity index (χ0n) is 17.0. The monoisotopic (exact) mass is 476 g/mol. The van der Waals surface area contributed by atoms with Crippen LogP contribution in [0.5, 0.6) is 0 Å². The van der Waals surface area contributed by atoms with E-state index in [0.717, 1.165) is 42.5 Å². The lowest BCUT2D eigenvalue weighted by Gasteiger charge is -2.32. The molecule has 2 atom stereocenters. The van der Waals surface area contributed by atoms with Gasteiger partial charge >= 0.3 is 0 Å². The molecule has 0 spiro atoms. The molecule has 0 aliphatic carbocycles. The maximum absolute atomic E-state index is 13.2. The Kier molecular flexibility index (Phi) is 6.87. The van der Waals surface area contributed by atoms with E-state index in [9.17, 15) is 4.79 Å². The summed E-state index contributed by atoms with van der Waals surface area (Å²) < 4.78 is 1.77. The van der Waals surface area contributed by atoms with Crippen LogP contribution in [0.1, 0.15) is 41.2 Å². The molecule has 8 heteroatoms. The summed E-state index contributed by atoms with van der Waals surface area (Å²) in [6.45, 7) is 0.918. The van der Waals surface area contributed by atoms with Gasteiger partial charge in [-0.05, 0) is 48.7 Å². The number of aryl methyl sites for hydroxylation is 1. The molecule has 1 aliphatic rings. The molecule has 1 aromatic heterocycles. The van der Waals surface area contributed by atoms with Crippen molar-refractivity contribution in [3.05, 3.63) is 75.0 Å². The van der Waals surface area contributed by atoms with Crippen LogP contribution in [0, 0.1) is 0 Å². The molecular weight excluding hydrogens is 455 g/mol. The molecule has 4 rings (SSSR count). The molecule has 3 aromatic rings. The Hall–Kier alpha value is -2.05. The Morgan fingerprint density at radius 1 is 1.16 bits per heavy atom. The third kappa shape index (κ3) is 5.07. The summed E-state index contributed by atoms with van der Waals surface area (Å²) >= 11 is 18.6. The smallest absolute Gasteiger partial charge is 0.254 e. The predicted octanol–water partition coefficient (Wildman–Crippen LogP) is 5.66. The normalized spacial score (nSPS) is 17.4. The Morgan fingerprint density at radius 3 is 2.58 bits per heavy atom. The van der Waals surface area contributed by atoms with Gasteiger partial charge in [0, 0.05) is 29.9 Å². The minimum Gasteiger partial charge on any atom is -0.344 e. The maximum Gasteiger partial charge on any atom is 0.254 e. The van der Waals surface area contributed by atoms with Gasteiger partial charge in [0.2, 0.25) is 0 Å². The molecule has 1 fully saturated rings. The Morgan fingerprint density at radius 2 is 1.94 bits per heavy atom. The van der Waals surface area contributed by atoms with E-state index in [0.29, 0.717) is 5.02 Å². The first-order chi connectivity index (χ1) is 14.9. The molecule has 1 amide bonds. The number of nitrogens with zero attached hydrogens (tertiary/aromatic N) is 2. The fourth-order valence-corrected chi connectivity index (χ4v) is 5.02. The Balaban J connectivity index is 1.68. The van der Waals surface area contributed by atoms with Crippen LogP contribution in [0.2, 0.25) is 15.1 Å². The van der Waals surface area contributed by atoms with E-state index in [2.05, 4.69) is 21.8 Å². The van der Waals surface area contributed by atoms with Crippen LogP contribution in [0.25, 0.3) is 11.1 Å². The molecule has 5 nitrogen and oxygen atoms in total. The SMILES string of the molecule is Cn1cc(-c2cccc(C(NC(=O)c3c(Cl)cc(Cl)cc3Cl)[C@@H]3CCCCN3)c2)cn1. The number of benzene rings is 2. The number of carbonyl (C=O) groups excluding carboxylic acids is 1. The first kappa shape index (κ1) is 22.2. The van der Waals surface area contributed by atoms with Crippen molar-refractivity contribution in [1.29, 1.82) is 0 Å². The summed E-state index contributed by atoms with van der Waals surface area (Å²) in [7, 11) is 1.89. The number of amides is 1. The van der Waals surface area contributed by atoms with Crippen LogP contribution in [-0.2, 0) is 7.05 Å². The van der Waals surface area contributed by atoms with Crippen molar-refractivity contribution in [2.45, 2.75) is 31.3 Å². The van der Waals surface area contributed by atoms with Gasteiger partial charge in [0.05, 0.1) is 27.8 Å². The molecule has 1 aliphatic heterocycles. The van der Waals surface area contributed by atoms with Gasteiger partial charge in [0.25, 0.3) is 5.91 Å². The van der Waals surface area contributed by atoms with E-state index in [-0.39, 0.29) is 33.6 Å². The second-order valence-corrected chi connectivity index (χ2v) is 9.03. The third-order valence-corrected chi connectivity index (χ3v) is 6.37. The van der Waals surface area contributed by atoms with Crippen LogP contribution >= 0.6 is 34.8 Å². The van der Waals surface area contributed by atoms with E-state index in [4.69, 9.17) is 34.8 Å². The number of piperidine rings is 1. The van der Waals surface area contributed by atoms with Crippen molar-refractivity contribution in [3.63, 3.8) is 0 Å². The van der Waals surface area contributed by atoms with E-state index in [1.807, 2.05) is 37.6 Å². The van der Waals surface area contributed by atoms with Gasteiger partial charge in [-0.2, -0.15) is 5.10 Å². The highest BCUT2D eigenvalue weighted by molar-refractivity contribution is 6.42. The largest absolute Gasteiger partial charge is 0.344 e. The van der Waals surface area contributed by atoms with Crippen molar-refractivity contribution in [1.82, 2.24) is 20.4 Å². The number of nitrogens with one attached hydrogen (secondary N) is 2. The summed E-state index contributed by atoms with van der Waals surface area (Å²) in [5.41, 5.74) is 3.31. The van der Waals surface area contributed by atoms with Crippen LogP contribution in [0.15, 0.2) is 48.8 Å². The Labute approximate surface area is 196 Å². The van der Waals surface area contributed by atoms with Gasteiger partial charge in [0.1, 0.15) is 0 Å². The summed E-state index contributed by atoms with van der Waals surface area (Å²) in [5, 5.41) is 11.8. The third-order valence-electron chi connectivity index (χ3n) is 5.56. The van der Waals surface area contributed by atoms with E-state index >= 15 is 0 Å². The fourth-order valence-electron chi connectivity index (χ4n) is 4.03. The molecule has 2 aromatic carbocycles. The summed E-state index contributed by atoms with van der Waals surface area (Å²) in [5.74, 6) is -0.323. The molecule has 0 bridgehead atoms. The number of halogens is 3. The molecule has 1 saturated heterocycles. The first-order valence-electron chi connectivity index (χ1n) is 10.2. The zero-order valence-corrected chi connectivity index (χ0v) is 19.3. The molecule has 0 saturated carbocycles. The standard InChI is InChI=1S/C23H23Cl3N4O/c1-30-13-16(12-28-30)14-5-4-6-15(9-14)22(20-7-2-3-8-27-20)29-23(31)21-18(25)10-17(24)11-19(21)26/h4-6,9-13,20,22,27H,2-3,7-8H2,1H3,(H,29,31)/t20-,22?/m0/s1. The van der Waals surface area contributed by atoms with Crippen molar-refractivity contribution in [2.75, 3.05) is 6.54 Å². The highest BCUT2D eigenvalue weighted by atomic mass is 35.5. The van der Waals surface area contributed by atoms with Gasteiger partial charge in [-0.3, -0.25) is 9.48 Å². The van der Waals surface area contributed by atoms with Crippen molar-refractivity contribution in [2.24, 2.45) is 7.05 Å². The number of carbonyl (C=O) groups is 1. The van der Waals surface area contributed by atoms with Gasteiger partial charge in [-0.1, -0.05) is 59.4 Å². The van der Waals surface area contributed by atoms with Crippen molar-refractivity contribution < 1.29 is 4.79 Å². The van der Waals surface area contributed by atoms with Crippen LogP contribution in [0.4, 0.5) is 0 Å². The molecule has 31 heavy (non-hydrogen) atoms. The number of aromatic nitrogens is 2. The lowest BCUT2D eigenvalue weighted by molar-refractivity contribution is 0.0923. The molecule has 1 unspecified atom stereocenters. The van der Waals surface area contributed by atoms with Crippen LogP contribution in [0.3, 0.4) is 0 Å². The minimum absolute atomic E-state index is 0.103. The van der Waals surface area contributed by atoms with Crippen molar-refractivity contribution in [3.8, 4) is 11.1 Å². The van der Waals surface area contributed by atoms with Crippen LogP contribution in [-0.4, -0.2) is 28.3 Å². The zero-order chi connectivity index (χ0) is 22.0. The van der Waals surface area contributed by atoms with E-state index < -0.39 is 0 Å². The average Bonchev–Trinajstić information content (AvgIpc) is 3.18. The fraction of sp³-hybridized carbons (Fsp3) is 0.304.